The maximum atomic E-state index is 14.4. The first kappa shape index (κ1) is 44.7. The molecule has 0 atom stereocenters. The highest BCUT2D eigenvalue weighted by molar-refractivity contribution is 6.06. The molecule has 0 fully saturated rings. The van der Waals surface area contributed by atoms with Crippen molar-refractivity contribution in [3.8, 4) is 40.2 Å². The first-order chi connectivity index (χ1) is 29.6. The number of aromatic nitrogens is 8. The van der Waals surface area contributed by atoms with Crippen molar-refractivity contribution in [3.05, 3.63) is 102 Å². The summed E-state index contributed by atoms with van der Waals surface area (Å²) in [5.41, 5.74) is 3.85. The fraction of sp³-hybridized carbons (Fsp3) is 0.349. The van der Waals surface area contributed by atoms with Crippen molar-refractivity contribution in [3.63, 3.8) is 0 Å². The van der Waals surface area contributed by atoms with Crippen LogP contribution in [0.2, 0.25) is 0 Å². The van der Waals surface area contributed by atoms with Crippen LogP contribution in [0.5, 0.6) is 17.6 Å². The molecule has 0 aromatic carbocycles. The van der Waals surface area contributed by atoms with Gasteiger partial charge in [0.1, 0.15) is 35.0 Å². The van der Waals surface area contributed by atoms with Crippen LogP contribution in [-0.4, -0.2) is 104 Å². The van der Waals surface area contributed by atoms with Crippen molar-refractivity contribution in [2.75, 3.05) is 37.1 Å². The number of amides is 2. The molecule has 2 aliphatic rings. The lowest BCUT2D eigenvalue weighted by atomic mass is 10.0. The fourth-order valence-electron chi connectivity index (χ4n) is 6.48. The SMILES string of the molecule is CCn1cc(-c2cccc(NC(=O)c3cc4c(nc3F)OC(C)(C)C4)n2)cn1.Cn1cc(-c2cccc(NC(=O)c3cc4c(nc3OCCO)OC(C)(C)C4)n2)cn1.OCCO. The normalized spacial score (nSPS) is 13.8. The van der Waals surface area contributed by atoms with Crippen LogP contribution in [0.25, 0.3) is 22.5 Å². The summed E-state index contributed by atoms with van der Waals surface area (Å²) < 4.78 is 34.8. The summed E-state index contributed by atoms with van der Waals surface area (Å²) >= 11 is 0. The predicted molar refractivity (Wildman–Crippen MR) is 225 cm³/mol. The van der Waals surface area contributed by atoms with Crippen LogP contribution < -0.4 is 24.8 Å². The molecule has 62 heavy (non-hydrogen) atoms. The predicted octanol–water partition coefficient (Wildman–Crippen LogP) is 4.65. The third-order valence-corrected chi connectivity index (χ3v) is 9.17. The highest BCUT2D eigenvalue weighted by Gasteiger charge is 2.35. The Morgan fingerprint density at radius 3 is 1.81 bits per heavy atom. The molecule has 8 rings (SSSR count). The molecular formula is C43H49FN10O8. The summed E-state index contributed by atoms with van der Waals surface area (Å²) in [5.74, 6) is -0.357. The van der Waals surface area contributed by atoms with E-state index in [0.29, 0.717) is 47.3 Å². The van der Waals surface area contributed by atoms with Crippen molar-refractivity contribution in [2.24, 2.45) is 7.05 Å². The van der Waals surface area contributed by atoms with Gasteiger partial charge in [-0.3, -0.25) is 19.0 Å². The van der Waals surface area contributed by atoms with Crippen LogP contribution in [0.15, 0.2) is 73.3 Å². The van der Waals surface area contributed by atoms with E-state index in [1.54, 1.807) is 46.0 Å². The number of ether oxygens (including phenoxy) is 3. The van der Waals surface area contributed by atoms with E-state index in [1.165, 1.54) is 6.07 Å². The first-order valence-electron chi connectivity index (χ1n) is 19.8. The Morgan fingerprint density at radius 1 is 0.758 bits per heavy atom. The van der Waals surface area contributed by atoms with Gasteiger partial charge in [-0.2, -0.15) is 24.6 Å². The number of nitrogens with zero attached hydrogens (tertiary/aromatic N) is 8. The number of carbonyl (C=O) groups excluding carboxylic acids is 2. The van der Waals surface area contributed by atoms with E-state index in [9.17, 15) is 14.0 Å². The number of fused-ring (bicyclic) bond motifs is 2. The van der Waals surface area contributed by atoms with Crippen molar-refractivity contribution < 1.29 is 43.5 Å². The Labute approximate surface area is 356 Å². The highest BCUT2D eigenvalue weighted by Crippen LogP contribution is 2.37. The molecule has 0 saturated carbocycles. The maximum Gasteiger partial charge on any atom is 0.262 e. The average molecular weight is 853 g/mol. The van der Waals surface area contributed by atoms with Crippen LogP contribution >= 0.6 is 0 Å². The van der Waals surface area contributed by atoms with Crippen molar-refractivity contribution in [1.29, 1.82) is 0 Å². The molecule has 0 radical (unpaired) electrons. The van der Waals surface area contributed by atoms with Gasteiger partial charge in [0.05, 0.1) is 49.2 Å². The van der Waals surface area contributed by atoms with Gasteiger partial charge in [0, 0.05) is 61.1 Å². The zero-order chi connectivity index (χ0) is 44.6. The van der Waals surface area contributed by atoms with Gasteiger partial charge in [0.2, 0.25) is 23.6 Å². The van der Waals surface area contributed by atoms with Crippen molar-refractivity contribution in [2.45, 2.75) is 65.2 Å². The lowest BCUT2D eigenvalue weighted by Gasteiger charge is -2.16. The number of aliphatic hydroxyl groups is 3. The van der Waals surface area contributed by atoms with E-state index >= 15 is 0 Å². The minimum absolute atomic E-state index is 0.0181. The lowest BCUT2D eigenvalue weighted by molar-refractivity contribution is 0.101. The molecule has 0 unspecified atom stereocenters. The Hall–Kier alpha value is -6.83. The first-order valence-corrected chi connectivity index (χ1v) is 19.8. The summed E-state index contributed by atoms with van der Waals surface area (Å²) in [6.45, 7) is 10.0. The second-order valence-corrected chi connectivity index (χ2v) is 15.4. The summed E-state index contributed by atoms with van der Waals surface area (Å²) in [6, 6.07) is 13.8. The second-order valence-electron chi connectivity index (χ2n) is 15.4. The van der Waals surface area contributed by atoms with Crippen molar-refractivity contribution in [1.82, 2.24) is 39.5 Å². The van der Waals surface area contributed by atoms with Crippen LogP contribution in [-0.2, 0) is 26.4 Å². The number of pyridine rings is 4. The van der Waals surface area contributed by atoms with Crippen LogP contribution in [0, 0.1) is 5.95 Å². The van der Waals surface area contributed by atoms with E-state index in [4.69, 9.17) is 29.5 Å². The van der Waals surface area contributed by atoms with Crippen LogP contribution in [0.3, 0.4) is 0 Å². The molecule has 6 aromatic heterocycles. The molecule has 2 aliphatic heterocycles. The number of aliphatic hydroxyl groups excluding tert-OH is 3. The number of aryl methyl sites for hydroxylation is 2. The molecule has 6 aromatic rings. The Morgan fingerprint density at radius 2 is 1.29 bits per heavy atom. The number of rotatable bonds is 11. The number of nitrogens with one attached hydrogen (secondary N) is 2. The number of halogens is 1. The van der Waals surface area contributed by atoms with Gasteiger partial charge in [0.15, 0.2) is 0 Å². The molecule has 18 nitrogen and oxygen atoms in total. The minimum atomic E-state index is -0.866. The van der Waals surface area contributed by atoms with Gasteiger partial charge in [-0.25, -0.2) is 9.97 Å². The quantitative estimate of drug-likeness (QED) is 0.112. The molecule has 326 valence electrons. The third-order valence-electron chi connectivity index (χ3n) is 9.17. The van der Waals surface area contributed by atoms with Gasteiger partial charge < -0.3 is 40.2 Å². The molecule has 0 spiro atoms. The molecule has 8 heterocycles. The lowest BCUT2D eigenvalue weighted by Crippen LogP contribution is -2.24. The Balaban J connectivity index is 0.000000191. The molecule has 0 saturated heterocycles. The highest BCUT2D eigenvalue weighted by atomic mass is 19.1. The molecular weight excluding hydrogens is 804 g/mol. The third kappa shape index (κ3) is 11.1. The molecule has 0 bridgehead atoms. The number of carbonyl (C=O) groups is 2. The van der Waals surface area contributed by atoms with E-state index in [1.807, 2.05) is 72.3 Å². The summed E-state index contributed by atoms with van der Waals surface area (Å²) in [7, 11) is 1.83. The fourth-order valence-corrected chi connectivity index (χ4v) is 6.48. The molecule has 5 N–H and O–H groups in total. The van der Waals surface area contributed by atoms with E-state index in [-0.39, 0.29) is 49.3 Å². The maximum absolute atomic E-state index is 14.4. The summed E-state index contributed by atoms with van der Waals surface area (Å²) in [6.07, 6.45) is 8.33. The van der Waals surface area contributed by atoms with Gasteiger partial charge >= 0.3 is 0 Å². The number of anilines is 2. The topological polar surface area (TPSA) is 234 Å². The van der Waals surface area contributed by atoms with E-state index in [0.717, 1.165) is 23.2 Å². The van der Waals surface area contributed by atoms with Gasteiger partial charge in [-0.05, 0) is 71.0 Å². The molecule has 0 aliphatic carbocycles. The van der Waals surface area contributed by atoms with Gasteiger partial charge in [-0.15, -0.1) is 0 Å². The number of hydrogen-bond acceptors (Lipinski definition) is 14. The zero-order valence-corrected chi connectivity index (χ0v) is 35.2. The van der Waals surface area contributed by atoms with E-state index < -0.39 is 29.0 Å². The van der Waals surface area contributed by atoms with Crippen LogP contribution in [0.4, 0.5) is 16.0 Å². The van der Waals surface area contributed by atoms with E-state index in [2.05, 4.69) is 40.8 Å². The van der Waals surface area contributed by atoms with Gasteiger partial charge in [-0.1, -0.05) is 12.1 Å². The average Bonchev–Trinajstić information content (AvgIpc) is 4.03. The largest absolute Gasteiger partial charge is 0.475 e. The zero-order valence-electron chi connectivity index (χ0n) is 35.2. The molecule has 19 heteroatoms. The Bertz CT molecular complexity index is 2540. The molecule has 2 amide bonds. The number of hydrogen-bond donors (Lipinski definition) is 5. The minimum Gasteiger partial charge on any atom is -0.475 e. The smallest absolute Gasteiger partial charge is 0.262 e. The Kier molecular flexibility index (Phi) is 13.9. The monoisotopic (exact) mass is 852 g/mol. The van der Waals surface area contributed by atoms with Crippen LogP contribution in [0.1, 0.15) is 66.5 Å². The van der Waals surface area contributed by atoms with Gasteiger partial charge in [0.25, 0.3) is 11.8 Å². The second kappa shape index (κ2) is 19.3. The standard InChI is InChI=1S/C21H23N5O4.C20H20FN5O2.C2H6O2/c1-21(2)10-13-9-15(20(29-8-7-27)25-19(13)30-21)18(28)24-17-6-4-5-16(23-17)14-11-22-26(3)12-14;1-4-26-11-13(10-22-26)15-6-5-7-16(23-15)24-18(27)14-8-12-9-20(2,3)28-19(12)25-17(14)21;3-1-2-4/h4-6,9,11-12,27H,7-8,10H2,1-3H3,(H,23,24,28);5-8,10-11H,4,9H2,1-3H3,(H,23,24,27);3-4H,1-2H2. The van der Waals surface area contributed by atoms with Crippen molar-refractivity contribution >= 4 is 23.5 Å². The summed E-state index contributed by atoms with van der Waals surface area (Å²) in [4.78, 5) is 42.7. The summed E-state index contributed by atoms with van der Waals surface area (Å²) in [5, 5.41) is 38.2.